The number of hydrogen-bond donors (Lipinski definition) is 0. The van der Waals surface area contributed by atoms with E-state index in [1.54, 1.807) is 0 Å². The largest absolute Gasteiger partial charge is 0.458 e. The number of ether oxygens (including phenoxy) is 1. The molecule has 0 radical (unpaired) electrons. The molecule has 0 bridgehead atoms. The van der Waals surface area contributed by atoms with E-state index in [0.29, 0.717) is 5.33 Å². The molecular formula is C23H22BrNO3. The van der Waals surface area contributed by atoms with Gasteiger partial charge in [0.15, 0.2) is 5.76 Å². The summed E-state index contributed by atoms with van der Waals surface area (Å²) in [6.07, 6.45) is 1.71. The molecule has 4 nitrogen and oxygen atoms in total. The zero-order chi connectivity index (χ0) is 19.7. The van der Waals surface area contributed by atoms with Crippen LogP contribution in [0.4, 0.5) is 0 Å². The Morgan fingerprint density at radius 2 is 1.68 bits per heavy atom. The average molecular weight is 440 g/mol. The molecule has 28 heavy (non-hydrogen) atoms. The third kappa shape index (κ3) is 3.90. The maximum atomic E-state index is 11.8. The maximum absolute atomic E-state index is 11.8. The second-order valence-corrected chi connectivity index (χ2v) is 7.82. The van der Waals surface area contributed by atoms with Gasteiger partial charge in [-0.25, -0.2) is 0 Å². The fourth-order valence-electron chi connectivity index (χ4n) is 3.19. The van der Waals surface area contributed by atoms with E-state index in [9.17, 15) is 4.79 Å². The number of carbonyl (C=O) groups is 1. The standard InChI is InChI=1S/C23H22BrNO3/c1-14-21(13-24)22(28-25-14)19-9-7-18(8-10-19)17-5-3-16(4-6-17)15(2)27-23(26)20-11-12-20/h3-10,15,20H,11-13H2,1-2H3. The molecule has 1 saturated carbocycles. The minimum atomic E-state index is -0.220. The van der Waals surface area contributed by atoms with Gasteiger partial charge in [0.05, 0.1) is 11.6 Å². The highest BCUT2D eigenvalue weighted by molar-refractivity contribution is 9.08. The lowest BCUT2D eigenvalue weighted by molar-refractivity contribution is -0.150. The van der Waals surface area contributed by atoms with E-state index >= 15 is 0 Å². The molecule has 2 aromatic carbocycles. The zero-order valence-electron chi connectivity index (χ0n) is 15.9. The highest BCUT2D eigenvalue weighted by Crippen LogP contribution is 2.33. The lowest BCUT2D eigenvalue weighted by atomic mass is 10.00. The van der Waals surface area contributed by atoms with Crippen LogP contribution in [0.3, 0.4) is 0 Å². The first kappa shape index (κ1) is 18.9. The number of hydrogen-bond acceptors (Lipinski definition) is 4. The molecule has 0 N–H and O–H groups in total. The maximum Gasteiger partial charge on any atom is 0.309 e. The smallest absolute Gasteiger partial charge is 0.309 e. The van der Waals surface area contributed by atoms with Crippen molar-refractivity contribution in [2.45, 2.75) is 38.1 Å². The molecule has 1 unspecified atom stereocenters. The molecule has 0 amide bonds. The summed E-state index contributed by atoms with van der Waals surface area (Å²) in [5, 5.41) is 4.78. The van der Waals surface area contributed by atoms with Gasteiger partial charge in [0.1, 0.15) is 6.10 Å². The van der Waals surface area contributed by atoms with Crippen LogP contribution >= 0.6 is 15.9 Å². The average Bonchev–Trinajstić information content (AvgIpc) is 3.51. The van der Waals surface area contributed by atoms with Crippen molar-refractivity contribution in [3.63, 3.8) is 0 Å². The van der Waals surface area contributed by atoms with E-state index in [0.717, 1.165) is 52.1 Å². The summed E-state index contributed by atoms with van der Waals surface area (Å²) in [5.74, 6) is 0.860. The van der Waals surface area contributed by atoms with Crippen molar-refractivity contribution in [2.24, 2.45) is 5.92 Å². The Kier molecular flexibility index (Phi) is 5.36. The van der Waals surface area contributed by atoms with Gasteiger partial charge in [0.2, 0.25) is 0 Å². The van der Waals surface area contributed by atoms with Gasteiger partial charge in [-0.05, 0) is 43.4 Å². The molecule has 0 aliphatic heterocycles. The summed E-state index contributed by atoms with van der Waals surface area (Å²) in [4.78, 5) is 11.8. The van der Waals surface area contributed by atoms with Crippen molar-refractivity contribution in [3.8, 4) is 22.5 Å². The summed E-state index contributed by atoms with van der Waals surface area (Å²) in [6, 6.07) is 16.4. The molecule has 1 atom stereocenters. The second-order valence-electron chi connectivity index (χ2n) is 7.26. The van der Waals surface area contributed by atoms with Crippen molar-refractivity contribution in [3.05, 3.63) is 65.4 Å². The van der Waals surface area contributed by atoms with E-state index in [1.165, 1.54) is 0 Å². The SMILES string of the molecule is Cc1noc(-c2ccc(-c3ccc(C(C)OC(=O)C4CC4)cc3)cc2)c1CBr. The molecule has 0 saturated heterocycles. The summed E-state index contributed by atoms with van der Waals surface area (Å²) >= 11 is 3.50. The van der Waals surface area contributed by atoms with Crippen LogP contribution in [-0.2, 0) is 14.9 Å². The monoisotopic (exact) mass is 439 g/mol. The number of aromatic nitrogens is 1. The normalized spacial score (nSPS) is 14.7. The molecule has 4 rings (SSSR count). The minimum Gasteiger partial charge on any atom is -0.458 e. The zero-order valence-corrected chi connectivity index (χ0v) is 17.5. The number of nitrogens with zero attached hydrogens (tertiary/aromatic N) is 1. The predicted molar refractivity (Wildman–Crippen MR) is 112 cm³/mol. The number of carbonyl (C=O) groups excluding carboxylic acids is 1. The first-order valence-corrected chi connectivity index (χ1v) is 10.6. The van der Waals surface area contributed by atoms with Gasteiger partial charge in [-0.1, -0.05) is 69.6 Å². The topological polar surface area (TPSA) is 52.3 Å². The number of halogens is 1. The van der Waals surface area contributed by atoms with Gasteiger partial charge in [-0.2, -0.15) is 0 Å². The van der Waals surface area contributed by atoms with Gasteiger partial charge in [-0.3, -0.25) is 4.79 Å². The lowest BCUT2D eigenvalue weighted by Crippen LogP contribution is -2.10. The van der Waals surface area contributed by atoms with Crippen LogP contribution in [0.5, 0.6) is 0 Å². The molecule has 1 fully saturated rings. The quantitative estimate of drug-likeness (QED) is 0.337. The third-order valence-electron chi connectivity index (χ3n) is 5.18. The Morgan fingerprint density at radius 3 is 2.25 bits per heavy atom. The van der Waals surface area contributed by atoms with Gasteiger partial charge < -0.3 is 9.26 Å². The van der Waals surface area contributed by atoms with Crippen molar-refractivity contribution in [1.82, 2.24) is 5.16 Å². The van der Waals surface area contributed by atoms with Gasteiger partial charge in [0.25, 0.3) is 0 Å². The highest BCUT2D eigenvalue weighted by Gasteiger charge is 2.32. The van der Waals surface area contributed by atoms with Crippen molar-refractivity contribution >= 4 is 21.9 Å². The summed E-state index contributed by atoms with van der Waals surface area (Å²) in [5.41, 5.74) is 6.24. The van der Waals surface area contributed by atoms with Crippen LogP contribution in [0.25, 0.3) is 22.5 Å². The Labute approximate surface area is 173 Å². The van der Waals surface area contributed by atoms with Crippen LogP contribution in [0, 0.1) is 12.8 Å². The number of esters is 1. The van der Waals surface area contributed by atoms with E-state index in [1.807, 2.05) is 26.0 Å². The molecule has 1 aliphatic carbocycles. The fourth-order valence-corrected chi connectivity index (χ4v) is 3.85. The summed E-state index contributed by atoms with van der Waals surface area (Å²) < 4.78 is 11.0. The lowest BCUT2D eigenvalue weighted by Gasteiger charge is -2.14. The van der Waals surface area contributed by atoms with Gasteiger partial charge in [-0.15, -0.1) is 0 Å². The first-order chi connectivity index (χ1) is 13.6. The minimum absolute atomic E-state index is 0.0716. The van der Waals surface area contributed by atoms with E-state index < -0.39 is 0 Å². The van der Waals surface area contributed by atoms with Crippen molar-refractivity contribution in [1.29, 1.82) is 0 Å². The van der Waals surface area contributed by atoms with Crippen LogP contribution in [0.2, 0.25) is 0 Å². The van der Waals surface area contributed by atoms with Crippen LogP contribution < -0.4 is 0 Å². The van der Waals surface area contributed by atoms with Crippen LogP contribution in [0.15, 0.2) is 53.1 Å². The molecule has 5 heteroatoms. The Balaban J connectivity index is 1.49. The second kappa shape index (κ2) is 7.92. The third-order valence-corrected chi connectivity index (χ3v) is 5.74. The molecule has 3 aromatic rings. The van der Waals surface area contributed by atoms with Crippen LogP contribution in [0.1, 0.15) is 42.7 Å². The Hall–Kier alpha value is -2.40. The van der Waals surface area contributed by atoms with Crippen LogP contribution in [-0.4, -0.2) is 11.1 Å². The molecule has 144 valence electrons. The van der Waals surface area contributed by atoms with Gasteiger partial charge >= 0.3 is 5.97 Å². The fraction of sp³-hybridized carbons (Fsp3) is 0.304. The molecular weight excluding hydrogens is 418 g/mol. The number of rotatable bonds is 6. The predicted octanol–water partition coefficient (Wildman–Crippen LogP) is 6.23. The molecule has 1 aliphatic rings. The molecule has 0 spiro atoms. The number of alkyl halides is 1. The molecule has 1 heterocycles. The Morgan fingerprint density at radius 1 is 1.11 bits per heavy atom. The first-order valence-electron chi connectivity index (χ1n) is 9.49. The highest BCUT2D eigenvalue weighted by atomic mass is 79.9. The number of aryl methyl sites for hydroxylation is 1. The number of benzene rings is 2. The summed E-state index contributed by atoms with van der Waals surface area (Å²) in [6.45, 7) is 3.87. The van der Waals surface area contributed by atoms with E-state index in [2.05, 4.69) is 57.5 Å². The summed E-state index contributed by atoms with van der Waals surface area (Å²) in [7, 11) is 0. The Bertz CT molecular complexity index is 972. The van der Waals surface area contributed by atoms with Crippen molar-refractivity contribution in [2.75, 3.05) is 0 Å². The molecule has 1 aromatic heterocycles. The van der Waals surface area contributed by atoms with E-state index in [-0.39, 0.29) is 18.0 Å². The van der Waals surface area contributed by atoms with Crippen molar-refractivity contribution < 1.29 is 14.1 Å². The van der Waals surface area contributed by atoms with E-state index in [4.69, 9.17) is 9.26 Å². The van der Waals surface area contributed by atoms with Gasteiger partial charge in [0, 0.05) is 16.5 Å².